The number of Topliss-reactive ketones (excluding diaryl/α,β-unsaturated/α-hetero) is 4. The average Bonchev–Trinajstić information content (AvgIpc) is 3.76. The first-order chi connectivity index (χ1) is 19.8. The minimum atomic E-state index is -0.221. The lowest BCUT2D eigenvalue weighted by molar-refractivity contribution is 0.0975. The summed E-state index contributed by atoms with van der Waals surface area (Å²) in [5.41, 5.74) is 4.61. The van der Waals surface area contributed by atoms with Gasteiger partial charge in [0.05, 0.1) is 15.8 Å². The summed E-state index contributed by atoms with van der Waals surface area (Å²) in [6.07, 6.45) is 3.47. The van der Waals surface area contributed by atoms with Crippen LogP contribution in [0.2, 0.25) is 0 Å². The predicted molar refractivity (Wildman–Crippen MR) is 168 cm³/mol. The van der Waals surface area contributed by atoms with E-state index in [1.165, 1.54) is 15.6 Å². The van der Waals surface area contributed by atoms with E-state index < -0.39 is 0 Å². The van der Waals surface area contributed by atoms with E-state index in [4.69, 9.17) is 0 Å². The number of ketones is 4. The maximum absolute atomic E-state index is 13.0. The van der Waals surface area contributed by atoms with Gasteiger partial charge in [-0.2, -0.15) is 0 Å². The number of allylic oxidation sites excluding steroid dienone is 2. The van der Waals surface area contributed by atoms with Crippen molar-refractivity contribution in [1.82, 2.24) is 0 Å². The van der Waals surface area contributed by atoms with Crippen LogP contribution in [0, 0.1) is 13.8 Å². The van der Waals surface area contributed by atoms with Crippen molar-refractivity contribution in [2.24, 2.45) is 0 Å². The monoisotopic (exact) mass is 586 g/mol. The third kappa shape index (κ3) is 3.37. The Morgan fingerprint density at radius 1 is 0.537 bits per heavy atom. The molecule has 0 radical (unpaired) electrons. The second-order valence-electron chi connectivity index (χ2n) is 10.3. The molecule has 0 bridgehead atoms. The molecule has 0 aliphatic heterocycles. The van der Waals surface area contributed by atoms with E-state index in [1.807, 2.05) is 0 Å². The van der Waals surface area contributed by atoms with Crippen LogP contribution in [0.1, 0.15) is 62.3 Å². The van der Waals surface area contributed by atoms with Crippen molar-refractivity contribution in [1.29, 1.82) is 0 Å². The van der Waals surface area contributed by atoms with Gasteiger partial charge in [0.2, 0.25) is 0 Å². The van der Waals surface area contributed by atoms with Crippen molar-refractivity contribution >= 4 is 98.9 Å². The van der Waals surface area contributed by atoms with Gasteiger partial charge in [-0.05, 0) is 54.6 Å². The van der Waals surface area contributed by atoms with Crippen LogP contribution < -0.4 is 0 Å². The third-order valence-corrected chi connectivity index (χ3v) is 11.7. The summed E-state index contributed by atoms with van der Waals surface area (Å²) in [6, 6.07) is 18.1. The zero-order chi connectivity index (χ0) is 28.2. The van der Waals surface area contributed by atoms with E-state index in [2.05, 4.69) is 26.0 Å². The Labute approximate surface area is 245 Å². The molecular formula is C34H18O4S3. The van der Waals surface area contributed by atoms with Gasteiger partial charge in [0, 0.05) is 51.5 Å². The smallest absolute Gasteiger partial charge is 0.197 e. The van der Waals surface area contributed by atoms with E-state index in [0.717, 1.165) is 34.8 Å². The molecule has 196 valence electrons. The van der Waals surface area contributed by atoms with Gasteiger partial charge in [-0.1, -0.05) is 48.5 Å². The van der Waals surface area contributed by atoms with Gasteiger partial charge in [0.1, 0.15) is 0 Å². The van der Waals surface area contributed by atoms with Crippen molar-refractivity contribution in [2.45, 2.75) is 13.8 Å². The average molecular weight is 587 g/mol. The quantitative estimate of drug-likeness (QED) is 0.150. The molecule has 0 unspecified atom stereocenters. The topological polar surface area (TPSA) is 68.3 Å². The summed E-state index contributed by atoms with van der Waals surface area (Å²) in [5.74, 6) is -0.879. The van der Waals surface area contributed by atoms with Crippen LogP contribution in [0.25, 0.3) is 41.7 Å². The number of hydrogen-bond acceptors (Lipinski definition) is 7. The maximum atomic E-state index is 13.0. The lowest BCUT2D eigenvalue weighted by atomic mass is 10.0. The first kappa shape index (κ1) is 24.5. The van der Waals surface area contributed by atoms with Gasteiger partial charge >= 0.3 is 0 Å². The molecule has 3 aromatic heterocycles. The number of hydrogen-bond donors (Lipinski definition) is 0. The first-order valence-corrected chi connectivity index (χ1v) is 15.5. The number of carbonyl (C=O) groups is 4. The van der Waals surface area contributed by atoms with Gasteiger partial charge in [-0.25, -0.2) is 0 Å². The molecule has 0 saturated heterocycles. The highest BCUT2D eigenvalue weighted by molar-refractivity contribution is 7.33. The molecule has 2 aliphatic rings. The summed E-state index contributed by atoms with van der Waals surface area (Å²) in [6.45, 7) is 4.23. The fraction of sp³-hybridized carbons (Fsp3) is 0.0588. The summed E-state index contributed by atoms with van der Waals surface area (Å²) >= 11 is 4.89. The number of benzene rings is 3. The molecule has 0 saturated carbocycles. The number of aryl methyl sites for hydroxylation is 2. The van der Waals surface area contributed by atoms with Gasteiger partial charge in [-0.15, -0.1) is 34.0 Å². The van der Waals surface area contributed by atoms with Crippen molar-refractivity contribution in [3.8, 4) is 0 Å². The highest BCUT2D eigenvalue weighted by atomic mass is 32.1. The van der Waals surface area contributed by atoms with E-state index in [9.17, 15) is 19.2 Å². The normalized spacial score (nSPS) is 14.7. The molecule has 2 aliphatic carbocycles. The standard InChI is InChI=1S/C34H18O4S3/c1-15-23-11-17(12-24-28(35)19-7-3-4-8-20(19)29(24)36)39-32(23)16(2)27-33(15)41-26-14-18(40-34(26)27)13-25-30(37)21-9-5-6-10-22(21)31(25)38/h3-14H,1-2H3. The molecule has 0 fully saturated rings. The largest absolute Gasteiger partial charge is 0.288 e. The minimum absolute atomic E-state index is 0.214. The molecule has 0 amide bonds. The Bertz CT molecular complexity index is 2230. The molecule has 0 atom stereocenters. The lowest BCUT2D eigenvalue weighted by Crippen LogP contribution is -1.99. The fourth-order valence-electron chi connectivity index (χ4n) is 5.95. The molecule has 4 nitrogen and oxygen atoms in total. The Balaban J connectivity index is 1.24. The fourth-order valence-corrected chi connectivity index (χ4v) is 9.83. The SMILES string of the molecule is Cc1c2cc(C=C3C(=O)c4ccccc4C3=O)sc2c(C)c2c1sc1cc(C=C3C(=O)c4ccccc4C3=O)sc12. The summed E-state index contributed by atoms with van der Waals surface area (Å²) in [5, 5.41) is 2.30. The summed E-state index contributed by atoms with van der Waals surface area (Å²) in [4.78, 5) is 53.5. The van der Waals surface area contributed by atoms with E-state index in [1.54, 1.807) is 94.7 Å². The molecule has 7 heteroatoms. The molecule has 6 aromatic rings. The van der Waals surface area contributed by atoms with Gasteiger partial charge in [0.15, 0.2) is 23.1 Å². The second kappa shape index (κ2) is 8.60. The number of thiophene rings is 3. The maximum Gasteiger partial charge on any atom is 0.197 e. The minimum Gasteiger partial charge on any atom is -0.288 e. The van der Waals surface area contributed by atoms with Crippen LogP contribution in [-0.4, -0.2) is 23.1 Å². The first-order valence-electron chi connectivity index (χ1n) is 13.0. The Morgan fingerprint density at radius 3 is 1.51 bits per heavy atom. The van der Waals surface area contributed by atoms with E-state index >= 15 is 0 Å². The van der Waals surface area contributed by atoms with Crippen molar-refractivity contribution in [3.63, 3.8) is 0 Å². The number of rotatable bonds is 2. The van der Waals surface area contributed by atoms with E-state index in [0.29, 0.717) is 22.3 Å². The second-order valence-corrected chi connectivity index (χ2v) is 13.5. The molecule has 3 aromatic carbocycles. The Kier molecular flexibility index (Phi) is 5.14. The van der Waals surface area contributed by atoms with Crippen LogP contribution in [0.15, 0.2) is 71.8 Å². The van der Waals surface area contributed by atoms with Crippen molar-refractivity contribution in [3.05, 3.63) is 115 Å². The van der Waals surface area contributed by atoms with Crippen LogP contribution >= 0.6 is 34.0 Å². The van der Waals surface area contributed by atoms with Gasteiger partial charge in [-0.3, -0.25) is 19.2 Å². The lowest BCUT2D eigenvalue weighted by Gasteiger charge is -2.04. The Morgan fingerprint density at radius 2 is 1.00 bits per heavy atom. The molecule has 8 rings (SSSR count). The van der Waals surface area contributed by atoms with E-state index in [-0.39, 0.29) is 34.3 Å². The molecule has 0 N–H and O–H groups in total. The molecule has 0 spiro atoms. The molecule has 3 heterocycles. The summed E-state index contributed by atoms with van der Waals surface area (Å²) in [7, 11) is 0. The van der Waals surface area contributed by atoms with Crippen LogP contribution in [0.5, 0.6) is 0 Å². The van der Waals surface area contributed by atoms with Crippen molar-refractivity contribution < 1.29 is 19.2 Å². The highest BCUT2D eigenvalue weighted by Crippen LogP contribution is 2.48. The molecule has 41 heavy (non-hydrogen) atoms. The van der Waals surface area contributed by atoms with Gasteiger partial charge < -0.3 is 0 Å². The van der Waals surface area contributed by atoms with Gasteiger partial charge in [0.25, 0.3) is 0 Å². The van der Waals surface area contributed by atoms with Crippen molar-refractivity contribution in [2.75, 3.05) is 0 Å². The Hall–Kier alpha value is -4.30. The van der Waals surface area contributed by atoms with Crippen LogP contribution in [-0.2, 0) is 0 Å². The van der Waals surface area contributed by atoms with Crippen LogP contribution in [0.4, 0.5) is 0 Å². The number of carbonyl (C=O) groups excluding carboxylic acids is 4. The summed E-state index contributed by atoms with van der Waals surface area (Å²) < 4.78 is 4.59. The highest BCUT2D eigenvalue weighted by Gasteiger charge is 2.34. The number of fused-ring (bicyclic) bond motifs is 6. The predicted octanol–water partition coefficient (Wildman–Crippen LogP) is 8.87. The zero-order valence-electron chi connectivity index (χ0n) is 21.8. The molecular weight excluding hydrogens is 569 g/mol. The van der Waals surface area contributed by atoms with Crippen LogP contribution in [0.3, 0.4) is 0 Å². The zero-order valence-corrected chi connectivity index (χ0v) is 24.2. The third-order valence-electron chi connectivity index (χ3n) is 7.98.